The molecule has 0 spiro atoms. The molecule has 0 saturated carbocycles. The first-order chi connectivity index (χ1) is 16.5. The summed E-state index contributed by atoms with van der Waals surface area (Å²) < 4.78 is 39.6. The molecule has 7 heteroatoms. The van der Waals surface area contributed by atoms with Crippen molar-refractivity contribution in [2.24, 2.45) is 4.99 Å². The second-order valence-corrected chi connectivity index (χ2v) is 9.74. The van der Waals surface area contributed by atoms with Gasteiger partial charge in [-0.05, 0) is 48.9 Å². The summed E-state index contributed by atoms with van der Waals surface area (Å²) >= 11 is 0. The average Bonchev–Trinajstić information content (AvgIpc) is 3.31. The number of hydrogen-bond donors (Lipinski definition) is 0. The van der Waals surface area contributed by atoms with Crippen LogP contribution in [0.2, 0.25) is 0 Å². The van der Waals surface area contributed by atoms with E-state index in [4.69, 9.17) is 9.15 Å². The summed E-state index contributed by atoms with van der Waals surface area (Å²) in [6, 6.07) is 27.3. The molecule has 1 heterocycles. The van der Waals surface area contributed by atoms with Crippen LogP contribution in [0.25, 0.3) is 0 Å². The van der Waals surface area contributed by atoms with E-state index in [0.717, 1.165) is 11.1 Å². The van der Waals surface area contributed by atoms with Gasteiger partial charge in [-0.15, -0.1) is 0 Å². The maximum atomic E-state index is 13.5. The standard InChI is InChI=1S/C27H26N2O4S/c1-21-12-16-25(17-13-21)34(30,31)29(19-22-8-4-3-5-9-22)20-24-15-14-23(33-24)18-28-26-10-6-7-11-27(26)32-2/h3-18H,19-20H2,1-2H3. The smallest absolute Gasteiger partial charge is 0.243 e. The number of ether oxygens (including phenoxy) is 1. The van der Waals surface area contributed by atoms with E-state index in [0.29, 0.717) is 23.0 Å². The zero-order valence-corrected chi connectivity index (χ0v) is 19.9. The van der Waals surface area contributed by atoms with Crippen molar-refractivity contribution in [1.29, 1.82) is 0 Å². The van der Waals surface area contributed by atoms with E-state index >= 15 is 0 Å². The maximum absolute atomic E-state index is 13.5. The van der Waals surface area contributed by atoms with Crippen LogP contribution in [0, 0.1) is 6.92 Å². The number of aliphatic imine (C=N–C) groups is 1. The minimum atomic E-state index is -3.75. The molecular weight excluding hydrogens is 448 g/mol. The summed E-state index contributed by atoms with van der Waals surface area (Å²) in [4.78, 5) is 4.69. The highest BCUT2D eigenvalue weighted by molar-refractivity contribution is 7.89. The molecule has 0 saturated heterocycles. The molecule has 0 aliphatic carbocycles. The Kier molecular flexibility index (Phi) is 7.25. The fourth-order valence-electron chi connectivity index (χ4n) is 3.46. The SMILES string of the molecule is COc1ccccc1N=Cc1ccc(CN(Cc2ccccc2)S(=O)(=O)c2ccc(C)cc2)o1. The van der Waals surface area contributed by atoms with Crippen LogP contribution in [0.5, 0.6) is 5.75 Å². The van der Waals surface area contributed by atoms with E-state index < -0.39 is 10.0 Å². The molecule has 0 fully saturated rings. The lowest BCUT2D eigenvalue weighted by atomic mass is 10.2. The highest BCUT2D eigenvalue weighted by Gasteiger charge is 2.26. The number of methoxy groups -OCH3 is 1. The van der Waals surface area contributed by atoms with Crippen molar-refractivity contribution in [2.45, 2.75) is 24.9 Å². The van der Waals surface area contributed by atoms with E-state index in [1.807, 2.05) is 61.5 Å². The molecule has 3 aromatic carbocycles. The first kappa shape index (κ1) is 23.5. The van der Waals surface area contributed by atoms with Gasteiger partial charge in [-0.25, -0.2) is 13.4 Å². The summed E-state index contributed by atoms with van der Waals surface area (Å²) in [7, 11) is -2.15. The largest absolute Gasteiger partial charge is 0.494 e. The summed E-state index contributed by atoms with van der Waals surface area (Å²) in [5.74, 6) is 1.70. The van der Waals surface area contributed by atoms with Gasteiger partial charge in [0.15, 0.2) is 0 Å². The monoisotopic (exact) mass is 474 g/mol. The van der Waals surface area contributed by atoms with Crippen molar-refractivity contribution in [2.75, 3.05) is 7.11 Å². The van der Waals surface area contributed by atoms with Crippen LogP contribution >= 0.6 is 0 Å². The Hall–Kier alpha value is -3.68. The van der Waals surface area contributed by atoms with Gasteiger partial charge in [0.2, 0.25) is 10.0 Å². The van der Waals surface area contributed by atoms with Crippen LogP contribution in [0.3, 0.4) is 0 Å². The minimum absolute atomic E-state index is 0.0909. The molecule has 0 N–H and O–H groups in total. The summed E-state index contributed by atoms with van der Waals surface area (Å²) in [6.07, 6.45) is 1.59. The van der Waals surface area contributed by atoms with Crippen molar-refractivity contribution in [1.82, 2.24) is 4.31 Å². The van der Waals surface area contributed by atoms with Gasteiger partial charge >= 0.3 is 0 Å². The number of sulfonamides is 1. The molecule has 1 aromatic heterocycles. The molecule has 174 valence electrons. The van der Waals surface area contributed by atoms with Gasteiger partial charge in [-0.1, -0.05) is 60.2 Å². The molecule has 0 aliphatic rings. The number of nitrogens with zero attached hydrogens (tertiary/aromatic N) is 2. The average molecular weight is 475 g/mol. The predicted octanol–water partition coefficient (Wildman–Crippen LogP) is 5.74. The third-order valence-electron chi connectivity index (χ3n) is 5.29. The topological polar surface area (TPSA) is 72.1 Å². The molecule has 0 aliphatic heterocycles. The third kappa shape index (κ3) is 5.62. The summed E-state index contributed by atoms with van der Waals surface area (Å²) in [5.41, 5.74) is 2.57. The van der Waals surface area contributed by atoms with E-state index in [1.165, 1.54) is 4.31 Å². The van der Waals surface area contributed by atoms with Gasteiger partial charge in [0, 0.05) is 6.54 Å². The fraction of sp³-hybridized carbons (Fsp3) is 0.148. The lowest BCUT2D eigenvalue weighted by molar-refractivity contribution is 0.357. The van der Waals surface area contributed by atoms with E-state index in [2.05, 4.69) is 4.99 Å². The first-order valence-electron chi connectivity index (χ1n) is 10.8. The zero-order chi connectivity index (χ0) is 24.0. The van der Waals surface area contributed by atoms with Gasteiger partial charge < -0.3 is 9.15 Å². The Morgan fingerprint density at radius 3 is 2.32 bits per heavy atom. The van der Waals surface area contributed by atoms with Crippen LogP contribution in [0.1, 0.15) is 22.6 Å². The second-order valence-electron chi connectivity index (χ2n) is 7.81. The number of furan rings is 1. The summed E-state index contributed by atoms with van der Waals surface area (Å²) in [6.45, 7) is 2.24. The summed E-state index contributed by atoms with van der Waals surface area (Å²) in [5, 5.41) is 0. The first-order valence-corrected chi connectivity index (χ1v) is 12.3. The Bertz CT molecular complexity index is 1360. The predicted molar refractivity (Wildman–Crippen MR) is 133 cm³/mol. The van der Waals surface area contributed by atoms with Gasteiger partial charge in [-0.3, -0.25) is 0 Å². The second kappa shape index (κ2) is 10.5. The Morgan fingerprint density at radius 2 is 1.59 bits per heavy atom. The minimum Gasteiger partial charge on any atom is -0.494 e. The van der Waals surface area contributed by atoms with Crippen LogP contribution in [-0.2, 0) is 23.1 Å². The number of aryl methyl sites for hydroxylation is 1. The molecule has 0 bridgehead atoms. The molecule has 0 radical (unpaired) electrons. The van der Waals surface area contributed by atoms with Crippen LogP contribution in [0.15, 0.2) is 105 Å². The van der Waals surface area contributed by atoms with Gasteiger partial charge in [0.1, 0.15) is 23.0 Å². The van der Waals surface area contributed by atoms with E-state index in [1.54, 1.807) is 49.7 Å². The zero-order valence-electron chi connectivity index (χ0n) is 19.1. The molecule has 0 atom stereocenters. The quantitative estimate of drug-likeness (QED) is 0.290. The van der Waals surface area contributed by atoms with Crippen LogP contribution in [-0.4, -0.2) is 26.0 Å². The molecule has 4 rings (SSSR count). The van der Waals surface area contributed by atoms with E-state index in [9.17, 15) is 8.42 Å². The van der Waals surface area contributed by atoms with Gasteiger partial charge in [0.25, 0.3) is 0 Å². The molecule has 6 nitrogen and oxygen atoms in total. The number of para-hydroxylation sites is 2. The van der Waals surface area contributed by atoms with Crippen molar-refractivity contribution >= 4 is 21.9 Å². The molecule has 4 aromatic rings. The third-order valence-corrected chi connectivity index (χ3v) is 7.10. The normalized spacial score (nSPS) is 11.9. The molecule has 0 unspecified atom stereocenters. The van der Waals surface area contributed by atoms with E-state index in [-0.39, 0.29) is 18.0 Å². The lowest BCUT2D eigenvalue weighted by Gasteiger charge is -2.21. The van der Waals surface area contributed by atoms with Gasteiger partial charge in [0.05, 0.1) is 24.8 Å². The number of benzene rings is 3. The van der Waals surface area contributed by atoms with Crippen molar-refractivity contribution < 1.29 is 17.6 Å². The van der Waals surface area contributed by atoms with Crippen molar-refractivity contribution in [3.63, 3.8) is 0 Å². The highest BCUT2D eigenvalue weighted by atomic mass is 32.2. The Morgan fingerprint density at radius 1 is 0.882 bits per heavy atom. The van der Waals surface area contributed by atoms with Crippen molar-refractivity contribution in [3.8, 4) is 5.75 Å². The molecule has 34 heavy (non-hydrogen) atoms. The maximum Gasteiger partial charge on any atom is 0.243 e. The number of rotatable bonds is 9. The van der Waals surface area contributed by atoms with Crippen LogP contribution in [0.4, 0.5) is 5.69 Å². The molecule has 0 amide bonds. The Labute approximate surface area is 200 Å². The fourth-order valence-corrected chi connectivity index (χ4v) is 4.86. The lowest BCUT2D eigenvalue weighted by Crippen LogP contribution is -2.30. The Balaban J connectivity index is 1.59. The van der Waals surface area contributed by atoms with Crippen LogP contribution < -0.4 is 4.74 Å². The highest BCUT2D eigenvalue weighted by Crippen LogP contribution is 2.26. The van der Waals surface area contributed by atoms with Gasteiger partial charge in [-0.2, -0.15) is 4.31 Å². The number of hydrogen-bond acceptors (Lipinski definition) is 5. The van der Waals surface area contributed by atoms with Crippen molar-refractivity contribution in [3.05, 3.63) is 114 Å². The molecular formula is C27H26N2O4S.